The minimum atomic E-state index is -0.149. The topological polar surface area (TPSA) is 61.4 Å². The number of piperidine rings is 1. The Hall–Kier alpha value is -1.60. The van der Waals surface area contributed by atoms with Gasteiger partial charge in [-0.3, -0.25) is 9.59 Å². The zero-order valence-electron chi connectivity index (χ0n) is 14.9. The highest BCUT2D eigenvalue weighted by Gasteiger charge is 2.27. The number of carbonyl (C=O) groups excluding carboxylic acids is 2. The van der Waals surface area contributed by atoms with Crippen LogP contribution in [-0.2, 0) is 4.79 Å². The summed E-state index contributed by atoms with van der Waals surface area (Å²) in [6, 6.07) is 7.68. The van der Waals surface area contributed by atoms with E-state index in [0.29, 0.717) is 23.3 Å². The van der Waals surface area contributed by atoms with Crippen molar-refractivity contribution in [2.45, 2.75) is 45.2 Å². The summed E-state index contributed by atoms with van der Waals surface area (Å²) in [6.07, 6.45) is 3.53. The lowest BCUT2D eigenvalue weighted by Gasteiger charge is -2.40. The van der Waals surface area contributed by atoms with Crippen LogP contribution in [0.2, 0.25) is 0 Å². The van der Waals surface area contributed by atoms with Crippen LogP contribution in [0.3, 0.4) is 0 Å². The number of anilines is 1. The van der Waals surface area contributed by atoms with E-state index in [-0.39, 0.29) is 17.6 Å². The van der Waals surface area contributed by atoms with Crippen LogP contribution >= 0.6 is 24.0 Å². The highest BCUT2D eigenvalue weighted by molar-refractivity contribution is 8.23. The lowest BCUT2D eigenvalue weighted by Crippen LogP contribution is -2.45. The third-order valence-electron chi connectivity index (χ3n) is 4.39. The van der Waals surface area contributed by atoms with E-state index >= 15 is 0 Å². The Morgan fingerprint density at radius 3 is 2.36 bits per heavy atom. The van der Waals surface area contributed by atoms with Crippen molar-refractivity contribution in [3.05, 3.63) is 29.8 Å². The molecule has 0 radical (unpaired) electrons. The first-order valence-corrected chi connectivity index (χ1v) is 9.89. The predicted molar refractivity (Wildman–Crippen MR) is 108 cm³/mol. The number of carbonyl (C=O) groups is 2. The molecule has 7 heteroatoms. The molecular formula is C18H25N3O2S2. The van der Waals surface area contributed by atoms with Gasteiger partial charge in [-0.1, -0.05) is 24.0 Å². The van der Waals surface area contributed by atoms with Gasteiger partial charge in [0.25, 0.3) is 5.91 Å². The number of benzene rings is 1. The van der Waals surface area contributed by atoms with Gasteiger partial charge in [0.2, 0.25) is 5.91 Å². The van der Waals surface area contributed by atoms with Crippen molar-refractivity contribution in [1.29, 1.82) is 0 Å². The quantitative estimate of drug-likeness (QED) is 0.786. The largest absolute Gasteiger partial charge is 0.355 e. The molecule has 1 aliphatic rings. The summed E-state index contributed by atoms with van der Waals surface area (Å²) < 4.78 is 0.796. The molecule has 25 heavy (non-hydrogen) atoms. The number of nitrogens with zero attached hydrogens (tertiary/aromatic N) is 1. The van der Waals surface area contributed by atoms with Crippen LogP contribution in [0, 0.1) is 0 Å². The number of likely N-dealkylation sites (tertiary alicyclic amines) is 1. The third kappa shape index (κ3) is 5.44. The smallest absolute Gasteiger partial charge is 0.251 e. The Balaban J connectivity index is 1.84. The molecule has 1 aromatic carbocycles. The number of nitrogens with one attached hydrogen (secondary N) is 2. The molecule has 136 valence electrons. The molecule has 0 aromatic heterocycles. The van der Waals surface area contributed by atoms with Crippen molar-refractivity contribution in [2.75, 3.05) is 18.1 Å². The van der Waals surface area contributed by atoms with Gasteiger partial charge < -0.3 is 15.5 Å². The summed E-state index contributed by atoms with van der Waals surface area (Å²) in [5.74, 6) is 0.0345. The van der Waals surface area contributed by atoms with Crippen LogP contribution < -0.4 is 10.6 Å². The van der Waals surface area contributed by atoms with Crippen molar-refractivity contribution in [2.24, 2.45) is 0 Å². The minimum Gasteiger partial charge on any atom is -0.355 e. The van der Waals surface area contributed by atoms with Gasteiger partial charge in [0, 0.05) is 30.4 Å². The minimum absolute atomic E-state index is 0.0997. The first kappa shape index (κ1) is 19.7. The molecule has 2 rings (SSSR count). The van der Waals surface area contributed by atoms with E-state index in [4.69, 9.17) is 12.2 Å². The number of rotatable bonds is 4. The molecule has 1 aliphatic heterocycles. The van der Waals surface area contributed by atoms with Crippen LogP contribution in [-0.4, -0.2) is 45.9 Å². The van der Waals surface area contributed by atoms with Gasteiger partial charge in [0.05, 0.1) is 5.75 Å². The summed E-state index contributed by atoms with van der Waals surface area (Å²) in [6.45, 7) is 4.38. The Labute approximate surface area is 158 Å². The summed E-state index contributed by atoms with van der Waals surface area (Å²) in [4.78, 5) is 25.9. The molecule has 0 saturated carbocycles. The Kier molecular flexibility index (Phi) is 7.25. The second-order valence-electron chi connectivity index (χ2n) is 6.30. The highest BCUT2D eigenvalue weighted by Crippen LogP contribution is 2.26. The van der Waals surface area contributed by atoms with Gasteiger partial charge in [-0.25, -0.2) is 0 Å². The number of hydrogen-bond donors (Lipinski definition) is 2. The number of hydrogen-bond acceptors (Lipinski definition) is 4. The molecule has 0 unspecified atom stereocenters. The lowest BCUT2D eigenvalue weighted by atomic mass is 9.99. The van der Waals surface area contributed by atoms with Crippen LogP contribution in [0.25, 0.3) is 0 Å². The number of thioether (sulfide) groups is 1. The maximum atomic E-state index is 12.1. The van der Waals surface area contributed by atoms with Crippen LogP contribution in [0.5, 0.6) is 0 Å². The first-order valence-electron chi connectivity index (χ1n) is 8.49. The van der Waals surface area contributed by atoms with E-state index in [2.05, 4.69) is 29.4 Å². The second-order valence-corrected chi connectivity index (χ2v) is 7.90. The molecule has 1 heterocycles. The molecule has 2 N–H and O–H groups in total. The third-order valence-corrected chi connectivity index (χ3v) is 5.82. The SMILES string of the molecule is CNC(=O)c1ccc(NC(=O)CSC(=S)N2[C@H](C)CCC[C@@H]2C)cc1. The van der Waals surface area contributed by atoms with Gasteiger partial charge in [-0.2, -0.15) is 0 Å². The van der Waals surface area contributed by atoms with Crippen LogP contribution in [0.1, 0.15) is 43.5 Å². The Bertz CT molecular complexity index is 624. The molecule has 1 saturated heterocycles. The van der Waals surface area contributed by atoms with Gasteiger partial charge in [0.1, 0.15) is 4.32 Å². The van der Waals surface area contributed by atoms with Crippen molar-refractivity contribution >= 4 is 45.8 Å². The normalized spacial score (nSPS) is 20.0. The summed E-state index contributed by atoms with van der Waals surface area (Å²) >= 11 is 6.95. The summed E-state index contributed by atoms with van der Waals surface area (Å²) in [7, 11) is 1.59. The average Bonchev–Trinajstić information content (AvgIpc) is 2.60. The van der Waals surface area contributed by atoms with Crippen LogP contribution in [0.15, 0.2) is 24.3 Å². The molecule has 0 bridgehead atoms. The molecule has 2 amide bonds. The molecular weight excluding hydrogens is 354 g/mol. The van der Waals surface area contributed by atoms with E-state index in [9.17, 15) is 9.59 Å². The van der Waals surface area contributed by atoms with Crippen LogP contribution in [0.4, 0.5) is 5.69 Å². The van der Waals surface area contributed by atoms with Crippen molar-refractivity contribution in [3.8, 4) is 0 Å². The number of amides is 2. The Morgan fingerprint density at radius 2 is 1.80 bits per heavy atom. The molecule has 1 aromatic rings. The molecule has 0 aliphatic carbocycles. The van der Waals surface area contributed by atoms with Gasteiger partial charge in [-0.15, -0.1) is 0 Å². The van der Waals surface area contributed by atoms with Crippen molar-refractivity contribution in [3.63, 3.8) is 0 Å². The lowest BCUT2D eigenvalue weighted by molar-refractivity contribution is -0.113. The highest BCUT2D eigenvalue weighted by atomic mass is 32.2. The molecule has 2 atom stereocenters. The van der Waals surface area contributed by atoms with Gasteiger partial charge >= 0.3 is 0 Å². The van der Waals surface area contributed by atoms with Crippen molar-refractivity contribution in [1.82, 2.24) is 10.2 Å². The predicted octanol–water partition coefficient (Wildman–Crippen LogP) is 3.27. The second kappa shape index (κ2) is 9.20. The number of thiocarbonyl (C=S) groups is 1. The molecule has 5 nitrogen and oxygen atoms in total. The monoisotopic (exact) mass is 379 g/mol. The fourth-order valence-corrected chi connectivity index (χ4v) is 4.40. The van der Waals surface area contributed by atoms with Gasteiger partial charge in [-0.05, 0) is 57.4 Å². The maximum Gasteiger partial charge on any atom is 0.251 e. The van der Waals surface area contributed by atoms with Crippen molar-refractivity contribution < 1.29 is 9.59 Å². The summed E-state index contributed by atoms with van der Waals surface area (Å²) in [5.41, 5.74) is 1.23. The van der Waals surface area contributed by atoms with E-state index in [1.165, 1.54) is 18.2 Å². The Morgan fingerprint density at radius 1 is 1.20 bits per heavy atom. The van der Waals surface area contributed by atoms with E-state index in [1.807, 2.05) is 0 Å². The fraction of sp³-hybridized carbons (Fsp3) is 0.500. The maximum absolute atomic E-state index is 12.1. The van der Waals surface area contributed by atoms with E-state index in [1.54, 1.807) is 31.3 Å². The molecule has 0 spiro atoms. The van der Waals surface area contributed by atoms with Gasteiger partial charge in [0.15, 0.2) is 0 Å². The zero-order chi connectivity index (χ0) is 18.4. The zero-order valence-corrected chi connectivity index (χ0v) is 16.5. The molecule has 1 fully saturated rings. The summed E-state index contributed by atoms with van der Waals surface area (Å²) in [5, 5.41) is 5.40. The van der Waals surface area contributed by atoms with E-state index in [0.717, 1.165) is 17.2 Å². The average molecular weight is 380 g/mol. The first-order chi connectivity index (χ1) is 11.9. The van der Waals surface area contributed by atoms with E-state index < -0.39 is 0 Å². The standard InChI is InChI=1S/C18H25N3O2S2/c1-12-5-4-6-13(2)21(12)18(24)25-11-16(22)20-15-9-7-14(8-10-15)17(23)19-3/h7-10,12-13H,4-6,11H2,1-3H3,(H,19,23)(H,20,22)/t12-,13+. The fourth-order valence-electron chi connectivity index (χ4n) is 3.03.